The van der Waals surface area contributed by atoms with Crippen molar-refractivity contribution in [2.45, 2.75) is 52.6 Å². The Morgan fingerprint density at radius 3 is 2.33 bits per heavy atom. The molecule has 0 saturated carbocycles. The smallest absolute Gasteiger partial charge is 0.326 e. The highest BCUT2D eigenvalue weighted by Gasteiger charge is 2.30. The van der Waals surface area contributed by atoms with Crippen molar-refractivity contribution in [2.24, 2.45) is 5.92 Å². The van der Waals surface area contributed by atoms with Crippen LogP contribution in [0.1, 0.15) is 51.7 Å². The van der Waals surface area contributed by atoms with Gasteiger partial charge in [-0.25, -0.2) is 14.5 Å². The van der Waals surface area contributed by atoms with E-state index < -0.39 is 17.9 Å². The second-order valence-corrected chi connectivity index (χ2v) is 6.58. The van der Waals surface area contributed by atoms with Crippen molar-refractivity contribution >= 4 is 11.9 Å². The van der Waals surface area contributed by atoms with E-state index in [4.69, 9.17) is 0 Å². The van der Waals surface area contributed by atoms with Gasteiger partial charge in [0.2, 0.25) is 5.82 Å². The van der Waals surface area contributed by atoms with Crippen molar-refractivity contribution in [3.8, 4) is 0 Å². The molecule has 0 fully saturated rings. The van der Waals surface area contributed by atoms with Gasteiger partial charge < -0.3 is 10.0 Å². The first-order chi connectivity index (χ1) is 9.54. The summed E-state index contributed by atoms with van der Waals surface area (Å²) in [5, 5.41) is 13.4. The summed E-state index contributed by atoms with van der Waals surface area (Å²) in [5.41, 5.74) is -0.283. The Balaban J connectivity index is 2.95. The van der Waals surface area contributed by atoms with E-state index in [9.17, 15) is 14.7 Å². The summed E-state index contributed by atoms with van der Waals surface area (Å²) in [6, 6.07) is -0.876. The van der Waals surface area contributed by atoms with Gasteiger partial charge in [-0.2, -0.15) is 0 Å². The highest BCUT2D eigenvalue weighted by atomic mass is 16.4. The van der Waals surface area contributed by atoms with Gasteiger partial charge in [-0.15, -0.1) is 5.10 Å². The van der Waals surface area contributed by atoms with E-state index in [0.717, 1.165) is 0 Å². The third kappa shape index (κ3) is 4.27. The van der Waals surface area contributed by atoms with E-state index in [1.165, 1.54) is 18.3 Å². The monoisotopic (exact) mass is 296 g/mol. The summed E-state index contributed by atoms with van der Waals surface area (Å²) in [5.74, 6) is -1.32. The van der Waals surface area contributed by atoms with Crippen LogP contribution in [-0.4, -0.2) is 49.7 Å². The summed E-state index contributed by atoms with van der Waals surface area (Å²) in [4.78, 5) is 28.9. The van der Waals surface area contributed by atoms with Gasteiger partial charge in [0, 0.05) is 7.05 Å². The highest BCUT2D eigenvalue weighted by molar-refractivity contribution is 5.93. The highest BCUT2D eigenvalue weighted by Crippen LogP contribution is 2.15. The standard InChI is InChI=1S/C14H24N4O3/c1-9(2)7-10(13(20)21)17(6)12(19)11-15-8-18(16-11)14(3,4)5/h8-10H,7H2,1-6H3,(H,20,21)/t10-/m0/s1. The number of carbonyl (C=O) groups excluding carboxylic acids is 1. The summed E-state index contributed by atoms with van der Waals surface area (Å²) in [6.45, 7) is 9.66. The molecule has 0 aliphatic heterocycles. The largest absolute Gasteiger partial charge is 0.480 e. The van der Waals surface area contributed by atoms with Gasteiger partial charge in [0.15, 0.2) is 0 Å². The number of likely N-dealkylation sites (N-methyl/N-ethyl adjacent to an activating group) is 1. The van der Waals surface area contributed by atoms with Gasteiger partial charge >= 0.3 is 5.97 Å². The molecule has 0 saturated heterocycles. The maximum Gasteiger partial charge on any atom is 0.326 e. The zero-order valence-corrected chi connectivity index (χ0v) is 13.5. The van der Waals surface area contributed by atoms with Crippen LogP contribution in [0.15, 0.2) is 6.33 Å². The lowest BCUT2D eigenvalue weighted by Crippen LogP contribution is -2.43. The molecular weight excluding hydrogens is 272 g/mol. The van der Waals surface area contributed by atoms with Gasteiger partial charge in [-0.3, -0.25) is 4.79 Å². The molecule has 1 rings (SSSR count). The molecule has 0 aliphatic rings. The number of rotatable bonds is 5. The zero-order valence-electron chi connectivity index (χ0n) is 13.5. The molecular formula is C14H24N4O3. The third-order valence-electron chi connectivity index (χ3n) is 3.14. The fraction of sp³-hybridized carbons (Fsp3) is 0.714. The Morgan fingerprint density at radius 2 is 1.95 bits per heavy atom. The molecule has 0 unspecified atom stereocenters. The number of amides is 1. The van der Waals surface area contributed by atoms with Crippen LogP contribution >= 0.6 is 0 Å². The molecule has 0 aromatic carbocycles. The fourth-order valence-corrected chi connectivity index (χ4v) is 1.85. The number of aliphatic carboxylic acids is 1. The molecule has 1 heterocycles. The molecule has 0 bridgehead atoms. The molecule has 21 heavy (non-hydrogen) atoms. The Morgan fingerprint density at radius 1 is 1.38 bits per heavy atom. The molecule has 0 aliphatic carbocycles. The molecule has 1 aromatic heterocycles. The number of nitrogens with zero attached hydrogens (tertiary/aromatic N) is 4. The molecule has 1 amide bonds. The van der Waals surface area contributed by atoms with Gasteiger partial charge in [-0.05, 0) is 33.1 Å². The first-order valence-electron chi connectivity index (χ1n) is 6.96. The molecule has 1 atom stereocenters. The van der Waals surface area contributed by atoms with Gasteiger partial charge in [0.25, 0.3) is 5.91 Å². The SMILES string of the molecule is CC(C)C[C@@H](C(=O)O)N(C)C(=O)c1ncn(C(C)(C)C)n1. The Hall–Kier alpha value is -1.92. The van der Waals surface area contributed by atoms with Gasteiger partial charge in [0.05, 0.1) is 5.54 Å². The van der Waals surface area contributed by atoms with Crippen LogP contribution in [0.3, 0.4) is 0 Å². The van der Waals surface area contributed by atoms with E-state index in [1.807, 2.05) is 34.6 Å². The van der Waals surface area contributed by atoms with E-state index in [-0.39, 0.29) is 17.3 Å². The molecule has 7 nitrogen and oxygen atoms in total. The minimum absolute atomic E-state index is 0.0161. The van der Waals surface area contributed by atoms with Crippen LogP contribution in [0.4, 0.5) is 0 Å². The summed E-state index contributed by atoms with van der Waals surface area (Å²) < 4.78 is 1.59. The second kappa shape index (κ2) is 6.24. The maximum absolute atomic E-state index is 12.3. The Bertz CT molecular complexity index is 517. The zero-order chi connectivity index (χ0) is 16.4. The van der Waals surface area contributed by atoms with Crippen LogP contribution in [0.2, 0.25) is 0 Å². The van der Waals surface area contributed by atoms with Crippen LogP contribution in [-0.2, 0) is 10.3 Å². The summed E-state index contributed by atoms with van der Waals surface area (Å²) in [6.07, 6.45) is 1.87. The van der Waals surface area contributed by atoms with Crippen LogP contribution in [0, 0.1) is 5.92 Å². The van der Waals surface area contributed by atoms with Crippen LogP contribution in [0.5, 0.6) is 0 Å². The molecule has 1 N–H and O–H groups in total. The van der Waals surface area contributed by atoms with Crippen molar-refractivity contribution in [3.63, 3.8) is 0 Å². The van der Waals surface area contributed by atoms with Crippen molar-refractivity contribution < 1.29 is 14.7 Å². The van der Waals surface area contributed by atoms with Crippen molar-refractivity contribution in [2.75, 3.05) is 7.05 Å². The van der Waals surface area contributed by atoms with Gasteiger partial charge in [-0.1, -0.05) is 13.8 Å². The van der Waals surface area contributed by atoms with Crippen LogP contribution < -0.4 is 0 Å². The quantitative estimate of drug-likeness (QED) is 0.891. The number of carbonyl (C=O) groups is 2. The first-order valence-corrected chi connectivity index (χ1v) is 6.96. The second-order valence-electron chi connectivity index (χ2n) is 6.58. The maximum atomic E-state index is 12.3. The average molecular weight is 296 g/mol. The third-order valence-corrected chi connectivity index (χ3v) is 3.14. The van der Waals surface area contributed by atoms with Crippen molar-refractivity contribution in [1.29, 1.82) is 0 Å². The van der Waals surface area contributed by atoms with E-state index in [1.54, 1.807) is 4.68 Å². The Labute approximate surface area is 125 Å². The number of hydrogen-bond donors (Lipinski definition) is 1. The molecule has 0 spiro atoms. The number of hydrogen-bond acceptors (Lipinski definition) is 4. The number of aromatic nitrogens is 3. The van der Waals surface area contributed by atoms with Crippen LogP contribution in [0.25, 0.3) is 0 Å². The lowest BCUT2D eigenvalue weighted by Gasteiger charge is -2.25. The minimum atomic E-state index is -1.02. The molecule has 7 heteroatoms. The van der Waals surface area contributed by atoms with E-state index >= 15 is 0 Å². The lowest BCUT2D eigenvalue weighted by atomic mass is 10.0. The predicted octanol–water partition coefficient (Wildman–Crippen LogP) is 1.60. The Kier molecular flexibility index (Phi) is 5.09. The minimum Gasteiger partial charge on any atom is -0.480 e. The topological polar surface area (TPSA) is 88.3 Å². The first kappa shape index (κ1) is 17.1. The molecule has 1 aromatic rings. The lowest BCUT2D eigenvalue weighted by molar-refractivity contribution is -0.142. The van der Waals surface area contributed by atoms with E-state index in [0.29, 0.717) is 6.42 Å². The summed E-state index contributed by atoms with van der Waals surface area (Å²) in [7, 11) is 1.47. The van der Waals surface area contributed by atoms with Crippen molar-refractivity contribution in [1.82, 2.24) is 19.7 Å². The van der Waals surface area contributed by atoms with E-state index in [2.05, 4.69) is 10.1 Å². The average Bonchev–Trinajstić information content (AvgIpc) is 2.82. The van der Waals surface area contributed by atoms with Crippen molar-refractivity contribution in [3.05, 3.63) is 12.2 Å². The summed E-state index contributed by atoms with van der Waals surface area (Å²) >= 11 is 0. The predicted molar refractivity (Wildman–Crippen MR) is 78.0 cm³/mol. The molecule has 0 radical (unpaired) electrons. The molecule has 118 valence electrons. The number of carboxylic acid groups (broad SMARTS) is 1. The normalized spacial score (nSPS) is 13.3. The number of carboxylic acids is 1. The van der Waals surface area contributed by atoms with Gasteiger partial charge in [0.1, 0.15) is 12.4 Å². The fourth-order valence-electron chi connectivity index (χ4n) is 1.85.